The number of hydrogen-bond donors (Lipinski definition) is 4. The number of nitrogens with zero attached hydrogens (tertiary/aromatic N) is 1. The van der Waals surface area contributed by atoms with Crippen LogP contribution in [0.4, 0.5) is 0 Å². The largest absolute Gasteiger partial charge is 0.508 e. The number of ether oxygens (including phenoxy) is 1. The van der Waals surface area contributed by atoms with Crippen molar-refractivity contribution < 1.29 is 34.4 Å². The van der Waals surface area contributed by atoms with Crippen molar-refractivity contribution >= 4 is 17.8 Å². The van der Waals surface area contributed by atoms with E-state index >= 15 is 0 Å². The maximum atomic E-state index is 12.2. The number of aromatic hydroxyl groups is 1. The minimum absolute atomic E-state index is 0.0715. The van der Waals surface area contributed by atoms with Gasteiger partial charge in [-0.05, 0) is 43.9 Å². The molecule has 1 saturated carbocycles. The first-order valence-electron chi connectivity index (χ1n) is 12.5. The molecule has 35 heavy (non-hydrogen) atoms. The molecule has 1 saturated heterocycles. The first kappa shape index (κ1) is 30.4. The zero-order chi connectivity index (χ0) is 26.1. The molecule has 2 fully saturated rings. The van der Waals surface area contributed by atoms with Crippen molar-refractivity contribution in [2.24, 2.45) is 0 Å². The zero-order valence-corrected chi connectivity index (χ0v) is 21.1. The average molecular weight is 495 g/mol. The topological polar surface area (TPSA) is 136 Å². The summed E-state index contributed by atoms with van der Waals surface area (Å²) < 4.78 is 4.69. The number of likely N-dealkylation sites (tertiary alicyclic amines) is 1. The number of esters is 1. The van der Waals surface area contributed by atoms with E-state index in [1.54, 1.807) is 19.1 Å². The molecular formula is C26H42N2O7. The molecule has 0 radical (unpaired) electrons. The summed E-state index contributed by atoms with van der Waals surface area (Å²) in [7, 11) is 1.29. The molecule has 3 rings (SSSR count). The van der Waals surface area contributed by atoms with E-state index in [0.717, 1.165) is 6.42 Å². The number of nitrogens with one attached hydrogen (secondary N) is 1. The van der Waals surface area contributed by atoms with Crippen LogP contribution in [0.5, 0.6) is 5.75 Å². The molecule has 1 heterocycles. The van der Waals surface area contributed by atoms with Gasteiger partial charge in [-0.3, -0.25) is 9.59 Å². The molecule has 9 heteroatoms. The second-order valence-corrected chi connectivity index (χ2v) is 8.87. The Bertz CT molecular complexity index is 754. The number of aliphatic hydroxyl groups excluding tert-OH is 2. The van der Waals surface area contributed by atoms with Gasteiger partial charge in [0.05, 0.1) is 26.2 Å². The van der Waals surface area contributed by atoms with Crippen LogP contribution in [-0.4, -0.2) is 77.0 Å². The van der Waals surface area contributed by atoms with Crippen LogP contribution >= 0.6 is 0 Å². The number of phenolic OH excluding ortho intramolecular Hbond substituents is 1. The van der Waals surface area contributed by atoms with Crippen molar-refractivity contribution in [2.75, 3.05) is 26.8 Å². The minimum Gasteiger partial charge on any atom is -0.508 e. The van der Waals surface area contributed by atoms with Gasteiger partial charge in [0, 0.05) is 13.2 Å². The lowest BCUT2D eigenvalue weighted by molar-refractivity contribution is -0.150. The standard InChI is InChI=1S/C16H20N2O5.C6H12.C4H10O2/c1-23-16(22)13-6-3-7-18(13)15(21)10-17-14(20)9-11-4-2-5-12(19)8-11;1-2-4-6-5-3-1;1-4(6)2-3-5/h2,4-5,8,13,19H,3,6-7,9-10H2,1H3,(H,17,20);1-6H2;4-6H,2-3H2,1H3. The number of carbonyl (C=O) groups excluding carboxylic acids is 3. The lowest BCUT2D eigenvalue weighted by Gasteiger charge is -2.22. The molecule has 9 nitrogen and oxygen atoms in total. The summed E-state index contributed by atoms with van der Waals surface area (Å²) in [4.78, 5) is 37.1. The third kappa shape index (κ3) is 13.1. The highest BCUT2D eigenvalue weighted by molar-refractivity contribution is 5.89. The van der Waals surface area contributed by atoms with Crippen LogP contribution in [0.25, 0.3) is 0 Å². The van der Waals surface area contributed by atoms with E-state index in [2.05, 4.69) is 10.1 Å². The van der Waals surface area contributed by atoms with E-state index in [1.165, 1.54) is 62.7 Å². The number of hydrogen-bond acceptors (Lipinski definition) is 7. The number of methoxy groups -OCH3 is 1. The SMILES string of the molecule is C1CCCCC1.CC(O)CCO.COC(=O)C1CCCN1C(=O)CNC(=O)Cc1cccc(O)c1. The fourth-order valence-electron chi connectivity index (χ4n) is 3.88. The van der Waals surface area contributed by atoms with Crippen LogP contribution in [0.1, 0.15) is 70.3 Å². The first-order chi connectivity index (χ1) is 16.8. The van der Waals surface area contributed by atoms with Gasteiger partial charge in [-0.25, -0.2) is 4.79 Å². The Hall–Kier alpha value is -2.65. The molecule has 2 aliphatic rings. The summed E-state index contributed by atoms with van der Waals surface area (Å²) in [6, 6.07) is 5.82. The Morgan fingerprint density at radius 3 is 2.23 bits per heavy atom. The van der Waals surface area contributed by atoms with Crippen molar-refractivity contribution in [2.45, 2.75) is 83.3 Å². The van der Waals surface area contributed by atoms with Gasteiger partial charge in [0.25, 0.3) is 0 Å². The second kappa shape index (κ2) is 17.7. The molecule has 2 atom stereocenters. The molecule has 0 spiro atoms. The summed E-state index contributed by atoms with van der Waals surface area (Å²) >= 11 is 0. The van der Waals surface area contributed by atoms with Crippen molar-refractivity contribution in [1.82, 2.24) is 10.2 Å². The fraction of sp³-hybridized carbons (Fsp3) is 0.654. The second-order valence-electron chi connectivity index (χ2n) is 8.87. The molecule has 0 aromatic heterocycles. The molecule has 2 amide bonds. The third-order valence-corrected chi connectivity index (χ3v) is 5.81. The first-order valence-corrected chi connectivity index (χ1v) is 12.5. The lowest BCUT2D eigenvalue weighted by atomic mass is 10.0. The highest BCUT2D eigenvalue weighted by atomic mass is 16.5. The van der Waals surface area contributed by atoms with E-state index in [0.29, 0.717) is 24.9 Å². The van der Waals surface area contributed by atoms with Crippen LogP contribution in [0, 0.1) is 0 Å². The minimum atomic E-state index is -0.560. The number of benzene rings is 1. The number of carbonyl (C=O) groups is 3. The molecule has 1 aromatic carbocycles. The quantitative estimate of drug-likeness (QED) is 0.427. The number of aliphatic hydroxyl groups is 2. The van der Waals surface area contributed by atoms with Gasteiger partial charge < -0.3 is 30.3 Å². The van der Waals surface area contributed by atoms with Gasteiger partial charge >= 0.3 is 5.97 Å². The maximum absolute atomic E-state index is 12.2. The van der Waals surface area contributed by atoms with Crippen LogP contribution < -0.4 is 5.32 Å². The highest BCUT2D eigenvalue weighted by Gasteiger charge is 2.34. The predicted molar refractivity (Wildman–Crippen MR) is 133 cm³/mol. The van der Waals surface area contributed by atoms with Gasteiger partial charge in [0.2, 0.25) is 11.8 Å². The Morgan fingerprint density at radius 1 is 1.11 bits per heavy atom. The molecule has 198 valence electrons. The zero-order valence-electron chi connectivity index (χ0n) is 21.1. The van der Waals surface area contributed by atoms with E-state index in [4.69, 9.17) is 10.2 Å². The smallest absolute Gasteiger partial charge is 0.328 e. The summed E-state index contributed by atoms with van der Waals surface area (Å²) in [5.41, 5.74) is 0.656. The Kier molecular flexibility index (Phi) is 15.4. The fourth-order valence-corrected chi connectivity index (χ4v) is 3.88. The maximum Gasteiger partial charge on any atom is 0.328 e. The number of amides is 2. The van der Waals surface area contributed by atoms with Gasteiger partial charge in [-0.2, -0.15) is 0 Å². The predicted octanol–water partition coefficient (Wildman–Crippen LogP) is 2.31. The van der Waals surface area contributed by atoms with E-state index in [9.17, 15) is 19.5 Å². The molecule has 1 aliphatic carbocycles. The summed E-state index contributed by atoms with van der Waals surface area (Å²) in [5.74, 6) is -0.966. The normalized spacial score (nSPS) is 17.7. The Labute approximate surface area is 208 Å². The molecule has 0 bridgehead atoms. The van der Waals surface area contributed by atoms with Crippen molar-refractivity contribution in [3.8, 4) is 5.75 Å². The van der Waals surface area contributed by atoms with Crippen molar-refractivity contribution in [3.63, 3.8) is 0 Å². The van der Waals surface area contributed by atoms with Gasteiger partial charge in [-0.15, -0.1) is 0 Å². The summed E-state index contributed by atoms with van der Waals surface area (Å²) in [5, 5.41) is 28.4. The van der Waals surface area contributed by atoms with Crippen LogP contribution in [-0.2, 0) is 25.5 Å². The number of rotatable bonds is 7. The Morgan fingerprint density at radius 2 is 1.74 bits per heavy atom. The molecule has 1 aromatic rings. The van der Waals surface area contributed by atoms with Crippen LogP contribution in [0.3, 0.4) is 0 Å². The van der Waals surface area contributed by atoms with Crippen molar-refractivity contribution in [3.05, 3.63) is 29.8 Å². The van der Waals surface area contributed by atoms with Crippen LogP contribution in [0.2, 0.25) is 0 Å². The monoisotopic (exact) mass is 494 g/mol. The molecule has 1 aliphatic heterocycles. The summed E-state index contributed by atoms with van der Waals surface area (Å²) in [6.45, 7) is 2.06. The van der Waals surface area contributed by atoms with Crippen LogP contribution in [0.15, 0.2) is 24.3 Å². The lowest BCUT2D eigenvalue weighted by Crippen LogP contribution is -2.46. The van der Waals surface area contributed by atoms with E-state index < -0.39 is 12.0 Å². The third-order valence-electron chi connectivity index (χ3n) is 5.81. The Balaban J connectivity index is 0.000000416. The van der Waals surface area contributed by atoms with E-state index in [-0.39, 0.29) is 43.2 Å². The summed E-state index contributed by atoms with van der Waals surface area (Å²) in [6.07, 6.45) is 10.5. The number of phenols is 1. The molecule has 2 unspecified atom stereocenters. The molecule has 4 N–H and O–H groups in total. The van der Waals surface area contributed by atoms with E-state index in [1.807, 2.05) is 0 Å². The van der Waals surface area contributed by atoms with Gasteiger partial charge in [0.1, 0.15) is 11.8 Å². The average Bonchev–Trinajstić information content (AvgIpc) is 3.34. The molecular weight excluding hydrogens is 452 g/mol. The van der Waals surface area contributed by atoms with Gasteiger partial charge in [0.15, 0.2) is 0 Å². The van der Waals surface area contributed by atoms with Gasteiger partial charge in [-0.1, -0.05) is 50.7 Å². The van der Waals surface area contributed by atoms with Crippen molar-refractivity contribution in [1.29, 1.82) is 0 Å². The highest BCUT2D eigenvalue weighted by Crippen LogP contribution is 2.18.